The number of likely N-dealkylation sites (tertiary alicyclic amines) is 1. The lowest BCUT2D eigenvalue weighted by molar-refractivity contribution is -0.136. The Bertz CT molecular complexity index is 939. The molecule has 1 N–H and O–H groups in total. The second-order valence-electron chi connectivity index (χ2n) is 8.66. The molecule has 2 aromatic rings. The van der Waals surface area contributed by atoms with Gasteiger partial charge in [0.2, 0.25) is 5.91 Å². The number of nitrogens with zero attached hydrogens (tertiary/aromatic N) is 2. The molecule has 2 aliphatic rings. The van der Waals surface area contributed by atoms with Gasteiger partial charge in [0.15, 0.2) is 0 Å². The van der Waals surface area contributed by atoms with E-state index < -0.39 is 11.8 Å². The third kappa shape index (κ3) is 4.39. The predicted octanol–water partition coefficient (Wildman–Crippen LogP) is 2.91. The standard InChI is InChI=1S/C25H28N2O4/c28-18-25(13-6-10-19-8-2-1-3-9-19)14-7-15-26(17-25)22(29)16-27-23(30)20-11-4-5-12-21(20)24(27)31/h1-5,8-9,11-12,28H,6-7,10,13-18H2. The fourth-order valence-corrected chi connectivity index (χ4v) is 4.76. The highest BCUT2D eigenvalue weighted by Crippen LogP contribution is 2.35. The van der Waals surface area contributed by atoms with Crippen LogP contribution in [0.2, 0.25) is 0 Å². The van der Waals surface area contributed by atoms with Crippen molar-refractivity contribution in [2.45, 2.75) is 32.1 Å². The Balaban J connectivity index is 1.37. The highest BCUT2D eigenvalue weighted by molar-refractivity contribution is 6.22. The van der Waals surface area contributed by atoms with Crippen LogP contribution in [-0.4, -0.2) is 58.9 Å². The number of aryl methyl sites for hydroxylation is 1. The third-order valence-electron chi connectivity index (χ3n) is 6.54. The Morgan fingerprint density at radius 3 is 2.26 bits per heavy atom. The molecule has 0 bridgehead atoms. The molecule has 0 radical (unpaired) electrons. The van der Waals surface area contributed by atoms with E-state index in [0.717, 1.165) is 37.0 Å². The summed E-state index contributed by atoms with van der Waals surface area (Å²) in [4.78, 5) is 40.9. The monoisotopic (exact) mass is 420 g/mol. The Labute approximate surface area is 182 Å². The number of imide groups is 1. The van der Waals surface area contributed by atoms with Crippen molar-refractivity contribution in [1.29, 1.82) is 0 Å². The van der Waals surface area contributed by atoms with Crippen LogP contribution in [0.15, 0.2) is 54.6 Å². The number of aliphatic hydroxyl groups excluding tert-OH is 1. The Kier molecular flexibility index (Phi) is 6.18. The second kappa shape index (κ2) is 9.02. The van der Waals surface area contributed by atoms with Gasteiger partial charge < -0.3 is 10.0 Å². The van der Waals surface area contributed by atoms with Crippen molar-refractivity contribution in [3.63, 3.8) is 0 Å². The first-order chi connectivity index (χ1) is 15.0. The van der Waals surface area contributed by atoms with Crippen molar-refractivity contribution in [2.24, 2.45) is 5.41 Å². The molecule has 0 saturated carbocycles. The van der Waals surface area contributed by atoms with Crippen molar-refractivity contribution < 1.29 is 19.5 Å². The molecule has 2 aliphatic heterocycles. The maximum atomic E-state index is 13.0. The summed E-state index contributed by atoms with van der Waals surface area (Å²) >= 11 is 0. The Hall–Kier alpha value is -2.99. The average Bonchev–Trinajstić information content (AvgIpc) is 3.05. The number of carbonyl (C=O) groups excluding carboxylic acids is 3. The van der Waals surface area contributed by atoms with Crippen LogP contribution in [0.4, 0.5) is 0 Å². The minimum atomic E-state index is -0.415. The molecule has 4 rings (SSSR count). The second-order valence-corrected chi connectivity index (χ2v) is 8.66. The summed E-state index contributed by atoms with van der Waals surface area (Å²) < 4.78 is 0. The fourth-order valence-electron chi connectivity index (χ4n) is 4.76. The van der Waals surface area contributed by atoms with Crippen molar-refractivity contribution in [1.82, 2.24) is 9.80 Å². The van der Waals surface area contributed by atoms with E-state index in [0.29, 0.717) is 24.2 Å². The van der Waals surface area contributed by atoms with E-state index >= 15 is 0 Å². The molecular weight excluding hydrogens is 392 g/mol. The largest absolute Gasteiger partial charge is 0.396 e. The lowest BCUT2D eigenvalue weighted by Crippen LogP contribution is -2.51. The van der Waals surface area contributed by atoms with Crippen LogP contribution >= 0.6 is 0 Å². The number of hydrogen-bond donors (Lipinski definition) is 1. The topological polar surface area (TPSA) is 77.9 Å². The number of carbonyl (C=O) groups is 3. The zero-order chi connectivity index (χ0) is 21.8. The quantitative estimate of drug-likeness (QED) is 0.699. The molecule has 1 fully saturated rings. The molecular formula is C25H28N2O4. The summed E-state index contributed by atoms with van der Waals surface area (Å²) in [7, 11) is 0. The number of fused-ring (bicyclic) bond motifs is 1. The van der Waals surface area contributed by atoms with Crippen LogP contribution in [0.25, 0.3) is 0 Å². The maximum Gasteiger partial charge on any atom is 0.262 e. The zero-order valence-corrected chi connectivity index (χ0v) is 17.6. The number of aliphatic hydroxyl groups is 1. The molecule has 162 valence electrons. The molecule has 0 spiro atoms. The van der Waals surface area contributed by atoms with Gasteiger partial charge >= 0.3 is 0 Å². The van der Waals surface area contributed by atoms with E-state index in [1.54, 1.807) is 29.2 Å². The van der Waals surface area contributed by atoms with Gasteiger partial charge in [0.1, 0.15) is 6.54 Å². The smallest absolute Gasteiger partial charge is 0.262 e. The maximum absolute atomic E-state index is 13.0. The first-order valence-corrected chi connectivity index (χ1v) is 10.9. The number of rotatable bonds is 7. The first kappa shape index (κ1) is 21.2. The number of piperidine rings is 1. The van der Waals surface area contributed by atoms with Crippen molar-refractivity contribution in [3.8, 4) is 0 Å². The molecule has 3 amide bonds. The van der Waals surface area contributed by atoms with E-state index in [-0.39, 0.29) is 24.5 Å². The third-order valence-corrected chi connectivity index (χ3v) is 6.54. The Morgan fingerprint density at radius 2 is 1.61 bits per heavy atom. The zero-order valence-electron chi connectivity index (χ0n) is 17.6. The highest BCUT2D eigenvalue weighted by Gasteiger charge is 2.40. The van der Waals surface area contributed by atoms with Crippen LogP contribution in [0.3, 0.4) is 0 Å². The summed E-state index contributed by atoms with van der Waals surface area (Å²) in [5, 5.41) is 10.2. The molecule has 1 atom stereocenters. The summed E-state index contributed by atoms with van der Waals surface area (Å²) in [5.74, 6) is -1.07. The van der Waals surface area contributed by atoms with Crippen molar-refractivity contribution in [3.05, 3.63) is 71.3 Å². The van der Waals surface area contributed by atoms with Gasteiger partial charge in [-0.25, -0.2) is 0 Å². The minimum Gasteiger partial charge on any atom is -0.396 e. The van der Waals surface area contributed by atoms with E-state index in [4.69, 9.17) is 0 Å². The molecule has 1 saturated heterocycles. The number of amides is 3. The van der Waals surface area contributed by atoms with Gasteiger partial charge in [-0.15, -0.1) is 0 Å². The van der Waals surface area contributed by atoms with E-state index in [1.165, 1.54) is 5.56 Å². The lowest BCUT2D eigenvalue weighted by atomic mass is 9.76. The summed E-state index contributed by atoms with van der Waals surface area (Å²) in [6, 6.07) is 16.9. The molecule has 2 aromatic carbocycles. The number of benzene rings is 2. The van der Waals surface area contributed by atoms with Gasteiger partial charge in [-0.3, -0.25) is 19.3 Å². The molecule has 6 nitrogen and oxygen atoms in total. The highest BCUT2D eigenvalue weighted by atomic mass is 16.3. The van der Waals surface area contributed by atoms with E-state index in [9.17, 15) is 19.5 Å². The summed E-state index contributed by atoms with van der Waals surface area (Å²) in [6.45, 7) is 0.819. The van der Waals surface area contributed by atoms with Gasteiger partial charge in [-0.2, -0.15) is 0 Å². The van der Waals surface area contributed by atoms with Crippen LogP contribution in [0.1, 0.15) is 52.0 Å². The average molecular weight is 421 g/mol. The molecule has 1 unspecified atom stereocenters. The van der Waals surface area contributed by atoms with Gasteiger partial charge in [0.25, 0.3) is 11.8 Å². The van der Waals surface area contributed by atoms with Crippen molar-refractivity contribution in [2.75, 3.05) is 26.2 Å². The molecule has 0 aromatic heterocycles. The van der Waals surface area contributed by atoms with Crippen LogP contribution < -0.4 is 0 Å². The van der Waals surface area contributed by atoms with Gasteiger partial charge in [-0.1, -0.05) is 42.5 Å². The minimum absolute atomic E-state index is 0.0264. The first-order valence-electron chi connectivity index (χ1n) is 10.9. The molecule has 6 heteroatoms. The molecule has 31 heavy (non-hydrogen) atoms. The van der Waals surface area contributed by atoms with Crippen molar-refractivity contribution >= 4 is 17.7 Å². The van der Waals surface area contributed by atoms with Gasteiger partial charge in [0, 0.05) is 18.5 Å². The number of hydrogen-bond acceptors (Lipinski definition) is 4. The SMILES string of the molecule is O=C(CN1C(=O)c2ccccc2C1=O)N1CCCC(CO)(CCCc2ccccc2)C1. The van der Waals surface area contributed by atoms with E-state index in [2.05, 4.69) is 12.1 Å². The molecule has 0 aliphatic carbocycles. The van der Waals surface area contributed by atoms with Crippen LogP contribution in [0.5, 0.6) is 0 Å². The lowest BCUT2D eigenvalue weighted by Gasteiger charge is -2.42. The van der Waals surface area contributed by atoms with E-state index in [1.807, 2.05) is 18.2 Å². The van der Waals surface area contributed by atoms with Gasteiger partial charge in [0.05, 0.1) is 17.7 Å². The summed E-state index contributed by atoms with van der Waals surface area (Å²) in [6.07, 6.45) is 4.38. The van der Waals surface area contributed by atoms with Crippen LogP contribution in [0, 0.1) is 5.41 Å². The Morgan fingerprint density at radius 1 is 0.968 bits per heavy atom. The summed E-state index contributed by atoms with van der Waals surface area (Å²) in [5.41, 5.74) is 1.64. The predicted molar refractivity (Wildman–Crippen MR) is 117 cm³/mol. The normalized spacial score (nSPS) is 20.8. The van der Waals surface area contributed by atoms with Crippen LogP contribution in [-0.2, 0) is 11.2 Å². The van der Waals surface area contributed by atoms with Gasteiger partial charge in [-0.05, 0) is 49.8 Å². The fraction of sp³-hybridized carbons (Fsp3) is 0.400. The molecule has 2 heterocycles.